The molecule has 0 spiro atoms. The first-order chi connectivity index (χ1) is 11.0. The standard InChI is InChI=1S/C17H25ClN2O3/c1-3-20(12-17(21)22)15-6-8-19(9-7-15)11-13-4-5-14(18)10-16(13)23-2/h4-5,10,15H,3,6-9,11-12H2,1-2H3,(H,21,22). The molecule has 0 unspecified atom stereocenters. The molecule has 1 saturated heterocycles. The molecule has 1 heterocycles. The van der Waals surface area contributed by atoms with Crippen molar-refractivity contribution in [3.05, 3.63) is 28.8 Å². The highest BCUT2D eigenvalue weighted by molar-refractivity contribution is 6.30. The minimum absolute atomic E-state index is 0.131. The normalized spacial score (nSPS) is 16.7. The number of carbonyl (C=O) groups is 1. The molecule has 1 aromatic carbocycles. The summed E-state index contributed by atoms with van der Waals surface area (Å²) >= 11 is 6.00. The number of nitrogens with zero attached hydrogens (tertiary/aromatic N) is 2. The van der Waals surface area contributed by atoms with Crippen LogP contribution in [0.2, 0.25) is 5.02 Å². The first-order valence-electron chi connectivity index (χ1n) is 8.04. The minimum atomic E-state index is -0.750. The number of methoxy groups -OCH3 is 1. The predicted molar refractivity (Wildman–Crippen MR) is 91.2 cm³/mol. The number of likely N-dealkylation sites (tertiary alicyclic amines) is 1. The van der Waals surface area contributed by atoms with Crippen LogP contribution in [0.1, 0.15) is 25.3 Å². The summed E-state index contributed by atoms with van der Waals surface area (Å²) in [6.07, 6.45) is 1.99. The second kappa shape index (κ2) is 8.52. The fourth-order valence-corrected chi connectivity index (χ4v) is 3.37. The summed E-state index contributed by atoms with van der Waals surface area (Å²) in [5, 5.41) is 9.67. The van der Waals surface area contributed by atoms with E-state index >= 15 is 0 Å². The zero-order valence-electron chi connectivity index (χ0n) is 13.8. The Morgan fingerprint density at radius 2 is 2.13 bits per heavy atom. The van der Waals surface area contributed by atoms with Crippen LogP contribution in [-0.4, -0.2) is 60.2 Å². The number of carboxylic acids is 1. The Labute approximate surface area is 142 Å². The number of halogens is 1. The van der Waals surface area contributed by atoms with Crippen LogP contribution in [0.4, 0.5) is 0 Å². The molecule has 0 aromatic heterocycles. The third kappa shape index (κ3) is 5.09. The Kier molecular flexibility index (Phi) is 6.69. The Hall–Kier alpha value is -1.30. The van der Waals surface area contributed by atoms with Gasteiger partial charge in [0, 0.05) is 23.2 Å². The zero-order chi connectivity index (χ0) is 16.8. The molecule has 1 aliphatic rings. The Bertz CT molecular complexity index is 531. The topological polar surface area (TPSA) is 53.0 Å². The average molecular weight is 341 g/mol. The van der Waals surface area contributed by atoms with Crippen LogP contribution in [0, 0.1) is 0 Å². The summed E-state index contributed by atoms with van der Waals surface area (Å²) in [5.41, 5.74) is 1.13. The van der Waals surface area contributed by atoms with Crippen LogP contribution < -0.4 is 4.74 Å². The fourth-order valence-electron chi connectivity index (χ4n) is 3.21. The van der Waals surface area contributed by atoms with Gasteiger partial charge in [-0.1, -0.05) is 24.6 Å². The predicted octanol–water partition coefficient (Wildman–Crippen LogP) is 2.72. The Morgan fingerprint density at radius 3 is 2.70 bits per heavy atom. The van der Waals surface area contributed by atoms with Gasteiger partial charge in [0.05, 0.1) is 13.7 Å². The van der Waals surface area contributed by atoms with E-state index in [4.69, 9.17) is 21.4 Å². The van der Waals surface area contributed by atoms with E-state index in [1.807, 2.05) is 25.1 Å². The van der Waals surface area contributed by atoms with E-state index in [1.165, 1.54) is 0 Å². The number of rotatable bonds is 7. The second-order valence-corrected chi connectivity index (χ2v) is 6.36. The third-order valence-electron chi connectivity index (χ3n) is 4.46. The van der Waals surface area contributed by atoms with Gasteiger partial charge >= 0.3 is 5.97 Å². The molecule has 0 saturated carbocycles. The molecule has 0 aliphatic carbocycles. The number of aliphatic carboxylic acids is 1. The van der Waals surface area contributed by atoms with Crippen molar-refractivity contribution in [3.8, 4) is 5.75 Å². The van der Waals surface area contributed by atoms with Crippen LogP contribution in [0.25, 0.3) is 0 Å². The molecule has 0 atom stereocenters. The fraction of sp³-hybridized carbons (Fsp3) is 0.588. The van der Waals surface area contributed by atoms with Crippen molar-refractivity contribution in [2.75, 3.05) is 33.3 Å². The van der Waals surface area contributed by atoms with E-state index in [2.05, 4.69) is 9.80 Å². The molecule has 128 valence electrons. The molecule has 1 aromatic rings. The van der Waals surface area contributed by atoms with Crippen molar-refractivity contribution >= 4 is 17.6 Å². The highest BCUT2D eigenvalue weighted by Gasteiger charge is 2.25. The van der Waals surface area contributed by atoms with Crippen molar-refractivity contribution in [1.82, 2.24) is 9.80 Å². The SMILES string of the molecule is CCN(CC(=O)O)C1CCN(Cc2ccc(Cl)cc2OC)CC1. The smallest absolute Gasteiger partial charge is 0.317 e. The number of piperidine rings is 1. The van der Waals surface area contributed by atoms with E-state index in [0.717, 1.165) is 50.3 Å². The number of carboxylic acid groups (broad SMARTS) is 1. The van der Waals surface area contributed by atoms with Gasteiger partial charge in [0.1, 0.15) is 5.75 Å². The van der Waals surface area contributed by atoms with Crippen molar-refractivity contribution in [2.45, 2.75) is 32.4 Å². The van der Waals surface area contributed by atoms with E-state index in [0.29, 0.717) is 11.1 Å². The molecule has 0 amide bonds. The molecule has 6 heteroatoms. The van der Waals surface area contributed by atoms with Gasteiger partial charge < -0.3 is 9.84 Å². The quantitative estimate of drug-likeness (QED) is 0.827. The van der Waals surface area contributed by atoms with Gasteiger partial charge in [-0.2, -0.15) is 0 Å². The molecule has 0 radical (unpaired) electrons. The number of hydrogen-bond donors (Lipinski definition) is 1. The van der Waals surface area contributed by atoms with E-state index in [-0.39, 0.29) is 6.54 Å². The largest absolute Gasteiger partial charge is 0.496 e. The van der Waals surface area contributed by atoms with Crippen LogP contribution in [-0.2, 0) is 11.3 Å². The lowest BCUT2D eigenvalue weighted by molar-refractivity contribution is -0.139. The van der Waals surface area contributed by atoms with Gasteiger partial charge in [0.2, 0.25) is 0 Å². The lowest BCUT2D eigenvalue weighted by atomic mass is 10.0. The monoisotopic (exact) mass is 340 g/mol. The molecular weight excluding hydrogens is 316 g/mol. The van der Waals surface area contributed by atoms with Crippen molar-refractivity contribution < 1.29 is 14.6 Å². The Morgan fingerprint density at radius 1 is 1.43 bits per heavy atom. The van der Waals surface area contributed by atoms with Crippen LogP contribution in [0.5, 0.6) is 5.75 Å². The Balaban J connectivity index is 1.91. The van der Waals surface area contributed by atoms with Gasteiger partial charge in [-0.15, -0.1) is 0 Å². The minimum Gasteiger partial charge on any atom is -0.496 e. The van der Waals surface area contributed by atoms with E-state index in [9.17, 15) is 4.79 Å². The molecule has 23 heavy (non-hydrogen) atoms. The summed E-state index contributed by atoms with van der Waals surface area (Å²) in [6.45, 7) is 5.69. The number of benzene rings is 1. The second-order valence-electron chi connectivity index (χ2n) is 5.92. The lowest BCUT2D eigenvalue weighted by Gasteiger charge is -2.37. The van der Waals surface area contributed by atoms with Gasteiger partial charge in [-0.3, -0.25) is 14.6 Å². The lowest BCUT2D eigenvalue weighted by Crippen LogP contribution is -2.46. The first-order valence-corrected chi connectivity index (χ1v) is 8.42. The van der Waals surface area contributed by atoms with E-state index in [1.54, 1.807) is 7.11 Å². The van der Waals surface area contributed by atoms with Crippen LogP contribution in [0.3, 0.4) is 0 Å². The summed E-state index contributed by atoms with van der Waals surface area (Å²) < 4.78 is 5.40. The van der Waals surface area contributed by atoms with Crippen LogP contribution in [0.15, 0.2) is 18.2 Å². The highest BCUT2D eigenvalue weighted by Crippen LogP contribution is 2.26. The molecule has 1 N–H and O–H groups in total. The van der Waals surface area contributed by atoms with Crippen molar-refractivity contribution in [2.24, 2.45) is 0 Å². The van der Waals surface area contributed by atoms with Crippen molar-refractivity contribution in [1.29, 1.82) is 0 Å². The maximum atomic E-state index is 10.9. The van der Waals surface area contributed by atoms with Gasteiger partial charge in [0.25, 0.3) is 0 Å². The molecular formula is C17H25ClN2O3. The summed E-state index contributed by atoms with van der Waals surface area (Å²) in [7, 11) is 1.66. The highest BCUT2D eigenvalue weighted by atomic mass is 35.5. The third-order valence-corrected chi connectivity index (χ3v) is 4.70. The molecule has 2 rings (SSSR count). The maximum absolute atomic E-state index is 10.9. The summed E-state index contributed by atoms with van der Waals surface area (Å²) in [5.74, 6) is 0.0702. The molecule has 1 fully saturated rings. The molecule has 0 bridgehead atoms. The number of hydrogen-bond acceptors (Lipinski definition) is 4. The van der Waals surface area contributed by atoms with Gasteiger partial charge in [-0.05, 0) is 44.6 Å². The van der Waals surface area contributed by atoms with Crippen LogP contribution >= 0.6 is 11.6 Å². The summed E-state index contributed by atoms with van der Waals surface area (Å²) in [4.78, 5) is 15.4. The summed E-state index contributed by atoms with van der Waals surface area (Å²) in [6, 6.07) is 6.10. The molecule has 5 nitrogen and oxygen atoms in total. The van der Waals surface area contributed by atoms with Gasteiger partial charge in [0.15, 0.2) is 0 Å². The van der Waals surface area contributed by atoms with E-state index < -0.39 is 5.97 Å². The zero-order valence-corrected chi connectivity index (χ0v) is 14.6. The first kappa shape index (κ1) is 18.0. The number of ether oxygens (including phenoxy) is 1. The van der Waals surface area contributed by atoms with Gasteiger partial charge in [-0.25, -0.2) is 0 Å². The molecule has 1 aliphatic heterocycles. The average Bonchev–Trinajstić information content (AvgIpc) is 2.55. The number of likely N-dealkylation sites (N-methyl/N-ethyl adjacent to an activating group) is 1. The maximum Gasteiger partial charge on any atom is 0.317 e. The van der Waals surface area contributed by atoms with Crippen molar-refractivity contribution in [3.63, 3.8) is 0 Å².